The van der Waals surface area contributed by atoms with Gasteiger partial charge in [0.1, 0.15) is 6.61 Å². The van der Waals surface area contributed by atoms with Gasteiger partial charge in [-0.25, -0.2) is 0 Å². The van der Waals surface area contributed by atoms with Crippen molar-refractivity contribution < 1.29 is 14.6 Å². The average Bonchev–Trinajstić information content (AvgIpc) is 2.46. The number of hydrogen-bond acceptors (Lipinski definition) is 3. The molecule has 0 radical (unpaired) electrons. The number of hydrogen-bond donors (Lipinski definition) is 2. The van der Waals surface area contributed by atoms with Crippen LogP contribution in [0.1, 0.15) is 41.3 Å². The lowest BCUT2D eigenvalue weighted by Gasteiger charge is -2.34. The second kappa shape index (κ2) is 6.75. The topological polar surface area (TPSA) is 58.6 Å². The number of rotatable bonds is 2. The summed E-state index contributed by atoms with van der Waals surface area (Å²) in [6, 6.07) is 5.48. The predicted octanol–water partition coefficient (Wildman–Crippen LogP) is 1.64. The molecule has 1 fully saturated rings. The minimum Gasteiger partial charge on any atom is -0.384 e. The lowest BCUT2D eigenvalue weighted by Crippen LogP contribution is -2.51. The minimum absolute atomic E-state index is 0.104. The molecule has 1 aromatic carbocycles. The van der Waals surface area contributed by atoms with Crippen LogP contribution in [0.2, 0.25) is 0 Å². The molecule has 21 heavy (non-hydrogen) atoms. The van der Waals surface area contributed by atoms with Crippen molar-refractivity contribution in [1.29, 1.82) is 0 Å². The second-order valence-corrected chi connectivity index (χ2v) is 5.66. The molecule has 1 aliphatic rings. The largest absolute Gasteiger partial charge is 0.384 e. The zero-order valence-electron chi connectivity index (χ0n) is 12.5. The van der Waals surface area contributed by atoms with Crippen LogP contribution >= 0.6 is 0 Å². The van der Waals surface area contributed by atoms with Gasteiger partial charge in [0.2, 0.25) is 0 Å². The number of aliphatic hydroxyl groups is 1. The molecular formula is C17H21NO3. The molecule has 1 aliphatic heterocycles. The van der Waals surface area contributed by atoms with Crippen molar-refractivity contribution in [2.24, 2.45) is 0 Å². The predicted molar refractivity (Wildman–Crippen MR) is 81.1 cm³/mol. The molecule has 1 aromatic rings. The van der Waals surface area contributed by atoms with Gasteiger partial charge in [-0.15, -0.1) is 0 Å². The van der Waals surface area contributed by atoms with E-state index in [9.17, 15) is 4.79 Å². The van der Waals surface area contributed by atoms with E-state index in [1.54, 1.807) is 6.07 Å². The molecule has 2 rings (SSSR count). The van der Waals surface area contributed by atoms with E-state index in [2.05, 4.69) is 17.2 Å². The summed E-state index contributed by atoms with van der Waals surface area (Å²) in [7, 11) is 0. The highest BCUT2D eigenvalue weighted by atomic mass is 16.5. The normalized spacial score (nSPS) is 21.3. The maximum Gasteiger partial charge on any atom is 0.252 e. The first-order chi connectivity index (χ1) is 10.0. The molecule has 1 saturated heterocycles. The van der Waals surface area contributed by atoms with E-state index < -0.39 is 0 Å². The number of aryl methyl sites for hydroxylation is 1. The molecule has 1 heterocycles. The summed E-state index contributed by atoms with van der Waals surface area (Å²) in [6.45, 7) is 5.02. The number of carbonyl (C=O) groups excluding carboxylic acids is 1. The zero-order chi connectivity index (χ0) is 15.3. The SMILES string of the molecule is Cc1ccc(C#CCO)cc1C(=O)NC1(C)CCCOC1. The van der Waals surface area contributed by atoms with Crippen LogP contribution in [0.4, 0.5) is 0 Å². The molecular weight excluding hydrogens is 266 g/mol. The third-order valence-electron chi connectivity index (χ3n) is 3.65. The van der Waals surface area contributed by atoms with Crippen LogP contribution in [0.3, 0.4) is 0 Å². The van der Waals surface area contributed by atoms with E-state index in [4.69, 9.17) is 9.84 Å². The standard InChI is InChI=1S/C17H21NO3/c1-13-6-7-14(5-3-9-19)11-15(13)16(20)18-17(2)8-4-10-21-12-17/h6-7,11,19H,4,8-10,12H2,1-2H3,(H,18,20). The van der Waals surface area contributed by atoms with Gasteiger partial charge in [0.15, 0.2) is 0 Å². The molecule has 0 saturated carbocycles. The van der Waals surface area contributed by atoms with Gasteiger partial charge in [-0.3, -0.25) is 4.79 Å². The number of ether oxygens (including phenoxy) is 1. The number of benzene rings is 1. The van der Waals surface area contributed by atoms with Gasteiger partial charge >= 0.3 is 0 Å². The van der Waals surface area contributed by atoms with Gasteiger partial charge in [-0.1, -0.05) is 17.9 Å². The molecule has 2 N–H and O–H groups in total. The van der Waals surface area contributed by atoms with Crippen molar-refractivity contribution in [2.45, 2.75) is 32.2 Å². The third kappa shape index (κ3) is 4.07. The Hall–Kier alpha value is -1.83. The summed E-state index contributed by atoms with van der Waals surface area (Å²) >= 11 is 0. The third-order valence-corrected chi connectivity index (χ3v) is 3.65. The summed E-state index contributed by atoms with van der Waals surface area (Å²) in [4.78, 5) is 12.5. The van der Waals surface area contributed by atoms with Crippen LogP contribution in [0.5, 0.6) is 0 Å². The van der Waals surface area contributed by atoms with Crippen LogP contribution in [-0.4, -0.2) is 36.4 Å². The lowest BCUT2D eigenvalue weighted by atomic mass is 9.94. The molecule has 0 aliphatic carbocycles. The zero-order valence-corrected chi connectivity index (χ0v) is 12.5. The Bertz CT molecular complexity index is 577. The fourth-order valence-electron chi connectivity index (χ4n) is 2.46. The number of aliphatic hydroxyl groups excluding tert-OH is 1. The van der Waals surface area contributed by atoms with Crippen LogP contribution in [0.25, 0.3) is 0 Å². The van der Waals surface area contributed by atoms with E-state index in [1.807, 2.05) is 26.0 Å². The summed E-state index contributed by atoms with van der Waals surface area (Å²) in [5.74, 6) is 5.31. The summed E-state index contributed by atoms with van der Waals surface area (Å²) in [6.07, 6.45) is 1.87. The Morgan fingerprint density at radius 2 is 2.33 bits per heavy atom. The summed E-state index contributed by atoms with van der Waals surface area (Å²) in [5, 5.41) is 11.8. The Balaban J connectivity index is 2.18. The Morgan fingerprint density at radius 3 is 3.00 bits per heavy atom. The quantitative estimate of drug-likeness (QED) is 0.813. The van der Waals surface area contributed by atoms with Gasteiger partial charge in [-0.2, -0.15) is 0 Å². The second-order valence-electron chi connectivity index (χ2n) is 5.66. The Labute approximate surface area is 125 Å². The van der Waals surface area contributed by atoms with E-state index in [-0.39, 0.29) is 18.1 Å². The van der Waals surface area contributed by atoms with Gasteiger partial charge in [0, 0.05) is 17.7 Å². The molecule has 4 heteroatoms. The van der Waals surface area contributed by atoms with E-state index in [0.29, 0.717) is 12.2 Å². The van der Waals surface area contributed by atoms with Gasteiger partial charge in [0.25, 0.3) is 5.91 Å². The van der Waals surface area contributed by atoms with Crippen LogP contribution in [0.15, 0.2) is 18.2 Å². The highest BCUT2D eigenvalue weighted by molar-refractivity contribution is 5.96. The van der Waals surface area contributed by atoms with Crippen molar-refractivity contribution in [1.82, 2.24) is 5.32 Å². The smallest absolute Gasteiger partial charge is 0.252 e. The Morgan fingerprint density at radius 1 is 1.52 bits per heavy atom. The summed E-state index contributed by atoms with van der Waals surface area (Å²) in [5.41, 5.74) is 1.94. The van der Waals surface area contributed by atoms with E-state index in [0.717, 1.165) is 30.6 Å². The highest BCUT2D eigenvalue weighted by Gasteiger charge is 2.29. The van der Waals surface area contributed by atoms with Crippen molar-refractivity contribution in [3.05, 3.63) is 34.9 Å². The Kier molecular flexibility index (Phi) is 5.00. The molecule has 0 spiro atoms. The van der Waals surface area contributed by atoms with Crippen LogP contribution in [-0.2, 0) is 4.74 Å². The molecule has 1 atom stereocenters. The first-order valence-corrected chi connectivity index (χ1v) is 7.15. The van der Waals surface area contributed by atoms with Gasteiger partial charge in [0.05, 0.1) is 12.1 Å². The average molecular weight is 287 g/mol. The molecule has 1 amide bonds. The molecule has 112 valence electrons. The van der Waals surface area contributed by atoms with Gasteiger partial charge in [-0.05, 0) is 44.4 Å². The monoisotopic (exact) mass is 287 g/mol. The summed E-state index contributed by atoms with van der Waals surface area (Å²) < 4.78 is 5.46. The molecule has 4 nitrogen and oxygen atoms in total. The van der Waals surface area contributed by atoms with E-state index in [1.165, 1.54) is 0 Å². The fourth-order valence-corrected chi connectivity index (χ4v) is 2.46. The number of nitrogens with one attached hydrogen (secondary N) is 1. The molecule has 1 unspecified atom stereocenters. The maximum atomic E-state index is 12.5. The highest BCUT2D eigenvalue weighted by Crippen LogP contribution is 2.20. The van der Waals surface area contributed by atoms with Crippen molar-refractivity contribution in [3.8, 4) is 11.8 Å². The van der Waals surface area contributed by atoms with Gasteiger partial charge < -0.3 is 15.2 Å². The first kappa shape index (κ1) is 15.6. The molecule has 0 bridgehead atoms. The maximum absolute atomic E-state index is 12.5. The van der Waals surface area contributed by atoms with Crippen LogP contribution in [0, 0.1) is 18.8 Å². The first-order valence-electron chi connectivity index (χ1n) is 7.15. The minimum atomic E-state index is -0.311. The number of carbonyl (C=O) groups is 1. The van der Waals surface area contributed by atoms with Crippen molar-refractivity contribution in [2.75, 3.05) is 19.8 Å². The molecule has 0 aromatic heterocycles. The van der Waals surface area contributed by atoms with Crippen LogP contribution < -0.4 is 5.32 Å². The van der Waals surface area contributed by atoms with Crippen molar-refractivity contribution in [3.63, 3.8) is 0 Å². The fraction of sp³-hybridized carbons (Fsp3) is 0.471. The van der Waals surface area contributed by atoms with Crippen molar-refractivity contribution >= 4 is 5.91 Å². The number of amides is 1. The van der Waals surface area contributed by atoms with E-state index >= 15 is 0 Å². The lowest BCUT2D eigenvalue weighted by molar-refractivity contribution is 0.0272.